The molecule has 1 aliphatic rings. The van der Waals surface area contributed by atoms with E-state index in [4.69, 9.17) is 10.5 Å². The van der Waals surface area contributed by atoms with Crippen molar-refractivity contribution in [3.05, 3.63) is 27.7 Å². The highest BCUT2D eigenvalue weighted by Crippen LogP contribution is 2.42. The summed E-state index contributed by atoms with van der Waals surface area (Å²) in [5.41, 5.74) is 8.61. The van der Waals surface area contributed by atoms with Crippen LogP contribution in [0.15, 0.2) is 16.6 Å². The lowest BCUT2D eigenvalue weighted by Crippen LogP contribution is -2.34. The first-order chi connectivity index (χ1) is 8.90. The summed E-state index contributed by atoms with van der Waals surface area (Å²) in [5, 5.41) is 0. The van der Waals surface area contributed by atoms with E-state index in [0.29, 0.717) is 5.92 Å². The third-order valence-corrected chi connectivity index (χ3v) is 4.38. The summed E-state index contributed by atoms with van der Waals surface area (Å²) in [7, 11) is 1.76. The van der Waals surface area contributed by atoms with E-state index in [2.05, 4.69) is 41.9 Å². The minimum absolute atomic E-state index is 0.180. The van der Waals surface area contributed by atoms with Gasteiger partial charge >= 0.3 is 0 Å². The van der Waals surface area contributed by atoms with Gasteiger partial charge in [0.1, 0.15) is 5.75 Å². The average Bonchev–Trinajstić information content (AvgIpc) is 2.79. The van der Waals surface area contributed by atoms with Crippen molar-refractivity contribution in [2.24, 2.45) is 5.73 Å². The molecule has 0 aliphatic heterocycles. The number of methoxy groups -OCH3 is 1. The van der Waals surface area contributed by atoms with Gasteiger partial charge in [-0.05, 0) is 72.2 Å². The van der Waals surface area contributed by atoms with E-state index in [1.165, 1.54) is 36.8 Å². The summed E-state index contributed by atoms with van der Waals surface area (Å²) in [4.78, 5) is 0. The highest BCUT2D eigenvalue weighted by atomic mass is 79.9. The van der Waals surface area contributed by atoms with Crippen molar-refractivity contribution < 1.29 is 4.74 Å². The molecule has 0 amide bonds. The Hall–Kier alpha value is -0.540. The first-order valence-corrected chi connectivity index (χ1v) is 7.85. The smallest absolute Gasteiger partial charge is 0.136 e. The van der Waals surface area contributed by atoms with Crippen LogP contribution in [0.4, 0.5) is 0 Å². The molecule has 2 N–H and O–H groups in total. The Bertz CT molecular complexity index is 445. The SMILES string of the molecule is COc1c(Br)cc(CC(C)(C)N)cc1C1CCCC1. The second-order valence-corrected chi connectivity index (χ2v) is 7.20. The van der Waals surface area contributed by atoms with E-state index >= 15 is 0 Å². The molecule has 0 radical (unpaired) electrons. The van der Waals surface area contributed by atoms with Gasteiger partial charge in [-0.1, -0.05) is 18.9 Å². The zero-order chi connectivity index (χ0) is 14.0. The summed E-state index contributed by atoms with van der Waals surface area (Å²) in [6.45, 7) is 4.14. The van der Waals surface area contributed by atoms with Crippen LogP contribution in [-0.2, 0) is 6.42 Å². The van der Waals surface area contributed by atoms with Gasteiger partial charge in [-0.3, -0.25) is 0 Å². The van der Waals surface area contributed by atoms with Crippen molar-refractivity contribution in [2.75, 3.05) is 7.11 Å². The second-order valence-electron chi connectivity index (χ2n) is 6.35. The maximum absolute atomic E-state index is 6.15. The molecule has 2 rings (SSSR count). The van der Waals surface area contributed by atoms with E-state index in [-0.39, 0.29) is 5.54 Å². The molecule has 2 nitrogen and oxygen atoms in total. The van der Waals surface area contributed by atoms with E-state index < -0.39 is 0 Å². The molecule has 0 unspecified atom stereocenters. The van der Waals surface area contributed by atoms with Gasteiger partial charge in [0.2, 0.25) is 0 Å². The van der Waals surface area contributed by atoms with Gasteiger partial charge in [-0.15, -0.1) is 0 Å². The molecule has 3 heteroatoms. The third-order valence-electron chi connectivity index (χ3n) is 3.79. The Kier molecular flexibility index (Phi) is 4.57. The molecule has 0 spiro atoms. The molecule has 19 heavy (non-hydrogen) atoms. The molecule has 1 aromatic carbocycles. The zero-order valence-corrected chi connectivity index (χ0v) is 13.7. The van der Waals surface area contributed by atoms with Crippen molar-refractivity contribution in [1.82, 2.24) is 0 Å². The Labute approximate surface area is 124 Å². The largest absolute Gasteiger partial charge is 0.495 e. The highest BCUT2D eigenvalue weighted by Gasteiger charge is 2.23. The Morgan fingerprint density at radius 2 is 1.95 bits per heavy atom. The zero-order valence-electron chi connectivity index (χ0n) is 12.1. The number of ether oxygens (including phenoxy) is 1. The van der Waals surface area contributed by atoms with Crippen LogP contribution < -0.4 is 10.5 Å². The first kappa shape index (κ1) is 14.9. The van der Waals surface area contributed by atoms with Gasteiger partial charge in [0.15, 0.2) is 0 Å². The number of nitrogens with two attached hydrogens (primary N) is 1. The van der Waals surface area contributed by atoms with Gasteiger partial charge in [0.05, 0.1) is 11.6 Å². The number of benzene rings is 1. The van der Waals surface area contributed by atoms with Crippen molar-refractivity contribution in [3.63, 3.8) is 0 Å². The average molecular weight is 326 g/mol. The van der Waals surface area contributed by atoms with E-state index in [1.54, 1.807) is 7.11 Å². The Balaban J connectivity index is 2.37. The summed E-state index contributed by atoms with van der Waals surface area (Å²) in [6.07, 6.45) is 6.10. The molecule has 1 aromatic rings. The molecule has 1 fully saturated rings. The van der Waals surface area contributed by atoms with Crippen LogP contribution in [-0.4, -0.2) is 12.6 Å². The number of halogens is 1. The Morgan fingerprint density at radius 3 is 2.47 bits per heavy atom. The highest BCUT2D eigenvalue weighted by molar-refractivity contribution is 9.10. The van der Waals surface area contributed by atoms with Crippen molar-refractivity contribution in [2.45, 2.75) is 57.4 Å². The molecular weight excluding hydrogens is 302 g/mol. The maximum Gasteiger partial charge on any atom is 0.136 e. The van der Waals surface area contributed by atoms with Crippen LogP contribution in [0.25, 0.3) is 0 Å². The fraction of sp³-hybridized carbons (Fsp3) is 0.625. The molecule has 0 heterocycles. The minimum Gasteiger partial charge on any atom is -0.495 e. The van der Waals surface area contributed by atoms with Crippen LogP contribution in [0.2, 0.25) is 0 Å². The topological polar surface area (TPSA) is 35.2 Å². The summed E-state index contributed by atoms with van der Waals surface area (Å²) in [6, 6.07) is 4.44. The number of hydrogen-bond donors (Lipinski definition) is 1. The van der Waals surface area contributed by atoms with E-state index in [0.717, 1.165) is 16.6 Å². The molecule has 106 valence electrons. The summed E-state index contributed by atoms with van der Waals surface area (Å²) >= 11 is 3.65. The fourth-order valence-electron chi connectivity index (χ4n) is 3.06. The molecule has 0 bridgehead atoms. The van der Waals surface area contributed by atoms with Crippen LogP contribution in [0, 0.1) is 0 Å². The van der Waals surface area contributed by atoms with Gasteiger partial charge < -0.3 is 10.5 Å². The normalized spacial score (nSPS) is 16.9. The van der Waals surface area contributed by atoms with E-state index in [1.807, 2.05) is 0 Å². The standard InChI is InChI=1S/C16H24BrNO/c1-16(2,18)10-11-8-13(12-6-4-5-7-12)15(19-3)14(17)9-11/h8-9,12H,4-7,10,18H2,1-3H3. The maximum atomic E-state index is 6.15. The third kappa shape index (κ3) is 3.73. The van der Waals surface area contributed by atoms with Crippen molar-refractivity contribution in [3.8, 4) is 5.75 Å². The first-order valence-electron chi connectivity index (χ1n) is 7.06. The quantitative estimate of drug-likeness (QED) is 0.890. The van der Waals surface area contributed by atoms with Crippen LogP contribution in [0.1, 0.15) is 56.6 Å². The summed E-state index contributed by atoms with van der Waals surface area (Å²) in [5.74, 6) is 1.65. The predicted octanol–water partition coefficient (Wildman–Crippen LogP) is 4.40. The molecule has 0 atom stereocenters. The molecule has 1 saturated carbocycles. The monoisotopic (exact) mass is 325 g/mol. The predicted molar refractivity (Wildman–Crippen MR) is 83.9 cm³/mol. The second kappa shape index (κ2) is 5.84. The van der Waals surface area contributed by atoms with Gasteiger partial charge in [0, 0.05) is 5.54 Å². The summed E-state index contributed by atoms with van der Waals surface area (Å²) < 4.78 is 6.65. The van der Waals surface area contributed by atoms with E-state index in [9.17, 15) is 0 Å². The lowest BCUT2D eigenvalue weighted by molar-refractivity contribution is 0.402. The molecule has 0 aromatic heterocycles. The molecule has 1 aliphatic carbocycles. The lowest BCUT2D eigenvalue weighted by Gasteiger charge is -2.22. The van der Waals surface area contributed by atoms with Crippen LogP contribution in [0.3, 0.4) is 0 Å². The number of hydrogen-bond acceptors (Lipinski definition) is 2. The lowest BCUT2D eigenvalue weighted by atomic mass is 9.90. The van der Waals surface area contributed by atoms with Crippen molar-refractivity contribution >= 4 is 15.9 Å². The van der Waals surface area contributed by atoms with Gasteiger partial charge in [-0.25, -0.2) is 0 Å². The molecular formula is C16H24BrNO. The van der Waals surface area contributed by atoms with Gasteiger partial charge in [0.25, 0.3) is 0 Å². The fourth-order valence-corrected chi connectivity index (χ4v) is 3.74. The molecule has 0 saturated heterocycles. The Morgan fingerprint density at radius 1 is 1.32 bits per heavy atom. The van der Waals surface area contributed by atoms with Crippen LogP contribution >= 0.6 is 15.9 Å². The number of rotatable bonds is 4. The van der Waals surface area contributed by atoms with Gasteiger partial charge in [-0.2, -0.15) is 0 Å². The minimum atomic E-state index is -0.180. The van der Waals surface area contributed by atoms with Crippen LogP contribution in [0.5, 0.6) is 5.75 Å². The van der Waals surface area contributed by atoms with Crippen molar-refractivity contribution in [1.29, 1.82) is 0 Å².